The molecule has 0 aliphatic heterocycles. The van der Waals surface area contributed by atoms with Gasteiger partial charge in [-0.05, 0) is 18.6 Å². The topological polar surface area (TPSA) is 54.0 Å². The molecule has 0 aliphatic carbocycles. The van der Waals surface area contributed by atoms with E-state index in [0.717, 1.165) is 5.56 Å². The molecule has 0 saturated carbocycles. The Bertz CT molecular complexity index is 601. The Balaban J connectivity index is 2.17. The minimum Gasteiger partial charge on any atom is -0.371 e. The van der Waals surface area contributed by atoms with Crippen LogP contribution in [0.15, 0.2) is 42.6 Å². The summed E-state index contributed by atoms with van der Waals surface area (Å²) in [5.41, 5.74) is 0.941. The molecule has 0 aliphatic rings. The van der Waals surface area contributed by atoms with Crippen molar-refractivity contribution in [2.45, 2.75) is 13.0 Å². The average molecular weight is 273 g/mol. The third-order valence-electron chi connectivity index (χ3n) is 3.02. The summed E-state index contributed by atoms with van der Waals surface area (Å²) >= 11 is 0. The molecule has 1 aromatic carbocycles. The Kier molecular flexibility index (Phi) is 4.30. The van der Waals surface area contributed by atoms with Gasteiger partial charge in [0.05, 0.1) is 11.6 Å². The predicted octanol–water partition coefficient (Wildman–Crippen LogP) is 2.75. The van der Waals surface area contributed by atoms with E-state index in [-0.39, 0.29) is 17.4 Å². The van der Waals surface area contributed by atoms with Crippen molar-refractivity contribution in [2.24, 2.45) is 0 Å². The van der Waals surface area contributed by atoms with Crippen LogP contribution >= 0.6 is 0 Å². The van der Waals surface area contributed by atoms with Crippen molar-refractivity contribution in [2.75, 3.05) is 12.4 Å². The quantitative estimate of drug-likeness (QED) is 0.900. The maximum atomic E-state index is 14.0. The number of nitrogens with zero attached hydrogens (tertiary/aromatic N) is 1. The first-order chi connectivity index (χ1) is 9.63. The molecule has 5 heteroatoms. The molecule has 1 atom stereocenters. The van der Waals surface area contributed by atoms with E-state index in [0.29, 0.717) is 0 Å². The highest BCUT2D eigenvalue weighted by molar-refractivity contribution is 5.95. The number of pyridine rings is 1. The zero-order chi connectivity index (χ0) is 14.5. The van der Waals surface area contributed by atoms with Gasteiger partial charge in [-0.1, -0.05) is 30.3 Å². The van der Waals surface area contributed by atoms with E-state index in [9.17, 15) is 9.18 Å². The van der Waals surface area contributed by atoms with Crippen molar-refractivity contribution < 1.29 is 9.18 Å². The second kappa shape index (κ2) is 6.14. The number of anilines is 1. The van der Waals surface area contributed by atoms with E-state index in [1.807, 2.05) is 37.3 Å². The zero-order valence-corrected chi connectivity index (χ0v) is 11.4. The van der Waals surface area contributed by atoms with Gasteiger partial charge in [-0.3, -0.25) is 4.79 Å². The summed E-state index contributed by atoms with van der Waals surface area (Å²) in [6.45, 7) is 1.85. The highest BCUT2D eigenvalue weighted by Gasteiger charge is 2.17. The fourth-order valence-corrected chi connectivity index (χ4v) is 1.89. The molecule has 2 N–H and O–H groups in total. The van der Waals surface area contributed by atoms with Crippen LogP contribution in [-0.2, 0) is 0 Å². The van der Waals surface area contributed by atoms with Crippen molar-refractivity contribution in [3.63, 3.8) is 0 Å². The minimum absolute atomic E-state index is 0.0212. The SMILES string of the molecule is CNc1nccc(C(=O)NC(C)c2ccccc2)c1F. The molecule has 104 valence electrons. The smallest absolute Gasteiger partial charge is 0.254 e. The second-order valence-electron chi connectivity index (χ2n) is 4.38. The van der Waals surface area contributed by atoms with Crippen LogP contribution in [0.4, 0.5) is 10.2 Å². The van der Waals surface area contributed by atoms with Crippen molar-refractivity contribution in [3.8, 4) is 0 Å². The van der Waals surface area contributed by atoms with Crippen LogP contribution in [0.1, 0.15) is 28.9 Å². The fraction of sp³-hybridized carbons (Fsp3) is 0.200. The predicted molar refractivity (Wildman–Crippen MR) is 76.1 cm³/mol. The van der Waals surface area contributed by atoms with Crippen LogP contribution < -0.4 is 10.6 Å². The number of amides is 1. The molecule has 1 unspecified atom stereocenters. The summed E-state index contributed by atoms with van der Waals surface area (Å²) in [5.74, 6) is -1.05. The largest absolute Gasteiger partial charge is 0.371 e. The van der Waals surface area contributed by atoms with Crippen LogP contribution in [0.2, 0.25) is 0 Å². The van der Waals surface area contributed by atoms with Crippen molar-refractivity contribution in [3.05, 3.63) is 59.5 Å². The Labute approximate surface area is 117 Å². The number of nitrogens with one attached hydrogen (secondary N) is 2. The molecule has 0 spiro atoms. The van der Waals surface area contributed by atoms with Gasteiger partial charge in [-0.25, -0.2) is 9.37 Å². The van der Waals surface area contributed by atoms with Gasteiger partial charge < -0.3 is 10.6 Å². The first-order valence-electron chi connectivity index (χ1n) is 6.31. The van der Waals surface area contributed by atoms with Crippen LogP contribution in [0, 0.1) is 5.82 Å². The monoisotopic (exact) mass is 273 g/mol. The highest BCUT2D eigenvalue weighted by Crippen LogP contribution is 2.17. The summed E-state index contributed by atoms with van der Waals surface area (Å²) in [6.07, 6.45) is 1.40. The molecular formula is C15H16FN3O. The first kappa shape index (κ1) is 14.0. The number of hydrogen-bond acceptors (Lipinski definition) is 3. The highest BCUT2D eigenvalue weighted by atomic mass is 19.1. The molecule has 2 rings (SSSR count). The molecule has 2 aromatic rings. The Morgan fingerprint density at radius 3 is 2.60 bits per heavy atom. The molecule has 20 heavy (non-hydrogen) atoms. The number of benzene rings is 1. The summed E-state index contributed by atoms with van der Waals surface area (Å²) < 4.78 is 14.0. The summed E-state index contributed by atoms with van der Waals surface area (Å²) in [4.78, 5) is 15.9. The van der Waals surface area contributed by atoms with E-state index in [1.165, 1.54) is 12.3 Å². The average Bonchev–Trinajstić information content (AvgIpc) is 2.48. The molecule has 0 fully saturated rings. The number of carbonyl (C=O) groups is 1. The third-order valence-corrected chi connectivity index (χ3v) is 3.02. The minimum atomic E-state index is -0.646. The van der Waals surface area contributed by atoms with Crippen LogP contribution in [-0.4, -0.2) is 17.9 Å². The lowest BCUT2D eigenvalue weighted by Gasteiger charge is -2.15. The van der Waals surface area contributed by atoms with Crippen molar-refractivity contribution in [1.82, 2.24) is 10.3 Å². The fourth-order valence-electron chi connectivity index (χ4n) is 1.89. The van der Waals surface area contributed by atoms with E-state index >= 15 is 0 Å². The molecule has 4 nitrogen and oxygen atoms in total. The number of aromatic nitrogens is 1. The van der Waals surface area contributed by atoms with Crippen LogP contribution in [0.5, 0.6) is 0 Å². The standard InChI is InChI=1S/C15H16FN3O/c1-10(11-6-4-3-5-7-11)19-15(20)12-8-9-18-14(17-2)13(12)16/h3-10H,1-2H3,(H,17,18)(H,19,20). The molecule has 1 heterocycles. The zero-order valence-electron chi connectivity index (χ0n) is 11.4. The Hall–Kier alpha value is -2.43. The van der Waals surface area contributed by atoms with Gasteiger partial charge in [-0.2, -0.15) is 0 Å². The molecule has 0 radical (unpaired) electrons. The Morgan fingerprint density at radius 2 is 1.95 bits per heavy atom. The van der Waals surface area contributed by atoms with Gasteiger partial charge in [0.1, 0.15) is 0 Å². The summed E-state index contributed by atoms with van der Waals surface area (Å²) in [7, 11) is 1.56. The summed E-state index contributed by atoms with van der Waals surface area (Å²) in [6, 6.07) is 10.7. The normalized spacial score (nSPS) is 11.8. The summed E-state index contributed by atoms with van der Waals surface area (Å²) in [5, 5.41) is 5.38. The molecule has 0 bridgehead atoms. The van der Waals surface area contributed by atoms with Crippen LogP contribution in [0.3, 0.4) is 0 Å². The number of rotatable bonds is 4. The van der Waals surface area contributed by atoms with Gasteiger partial charge in [0.15, 0.2) is 11.6 Å². The molecule has 1 amide bonds. The van der Waals surface area contributed by atoms with E-state index in [1.54, 1.807) is 7.05 Å². The van der Waals surface area contributed by atoms with Gasteiger partial charge >= 0.3 is 0 Å². The lowest BCUT2D eigenvalue weighted by atomic mass is 10.1. The van der Waals surface area contributed by atoms with Gasteiger partial charge in [0.25, 0.3) is 5.91 Å². The molecule has 0 saturated heterocycles. The lowest BCUT2D eigenvalue weighted by molar-refractivity contribution is 0.0936. The third kappa shape index (κ3) is 2.93. The maximum Gasteiger partial charge on any atom is 0.254 e. The van der Waals surface area contributed by atoms with E-state index in [2.05, 4.69) is 15.6 Å². The van der Waals surface area contributed by atoms with Gasteiger partial charge in [0.2, 0.25) is 0 Å². The second-order valence-corrected chi connectivity index (χ2v) is 4.38. The van der Waals surface area contributed by atoms with Crippen LogP contribution in [0.25, 0.3) is 0 Å². The van der Waals surface area contributed by atoms with Gasteiger partial charge in [-0.15, -0.1) is 0 Å². The van der Waals surface area contributed by atoms with Gasteiger partial charge in [0, 0.05) is 13.2 Å². The number of carbonyl (C=O) groups excluding carboxylic acids is 1. The number of halogens is 1. The Morgan fingerprint density at radius 1 is 1.25 bits per heavy atom. The van der Waals surface area contributed by atoms with Crippen molar-refractivity contribution >= 4 is 11.7 Å². The number of hydrogen-bond donors (Lipinski definition) is 2. The molecular weight excluding hydrogens is 257 g/mol. The van der Waals surface area contributed by atoms with Crippen molar-refractivity contribution in [1.29, 1.82) is 0 Å². The van der Waals surface area contributed by atoms with E-state index < -0.39 is 11.7 Å². The first-order valence-corrected chi connectivity index (χ1v) is 6.31. The van der Waals surface area contributed by atoms with E-state index in [4.69, 9.17) is 0 Å². The molecule has 1 aromatic heterocycles. The maximum absolute atomic E-state index is 14.0. The lowest BCUT2D eigenvalue weighted by Crippen LogP contribution is -2.27.